The summed E-state index contributed by atoms with van der Waals surface area (Å²) in [6, 6.07) is 1.00. The fraction of sp³-hybridized carbons (Fsp3) is 0.600. The Balaban J connectivity index is 1.98. The number of carbonyl (C=O) groups is 3. The lowest BCUT2D eigenvalue weighted by Crippen LogP contribution is -2.44. The van der Waals surface area contributed by atoms with Crippen LogP contribution < -0.4 is 10.6 Å². The smallest absolute Gasteiger partial charge is 0.325 e. The zero-order chi connectivity index (χ0) is 17.2. The van der Waals surface area contributed by atoms with Gasteiger partial charge in [0.2, 0.25) is 5.91 Å². The van der Waals surface area contributed by atoms with E-state index in [1.807, 2.05) is 0 Å². The molecule has 0 radical (unpaired) electrons. The number of aryl methyl sites for hydroxylation is 1. The summed E-state index contributed by atoms with van der Waals surface area (Å²) >= 11 is 0. The van der Waals surface area contributed by atoms with Crippen molar-refractivity contribution in [2.24, 2.45) is 5.92 Å². The van der Waals surface area contributed by atoms with Crippen molar-refractivity contribution in [3.05, 3.63) is 11.8 Å². The largest absolute Gasteiger partial charge is 0.360 e. The second-order valence-electron chi connectivity index (χ2n) is 6.46. The van der Waals surface area contributed by atoms with Crippen molar-refractivity contribution in [3.63, 3.8) is 0 Å². The SMILES string of the molecule is Cc1cc(NC(=O)CN2C(=O)N[C@](C)(CCC(C)C)C2=O)no1. The summed E-state index contributed by atoms with van der Waals surface area (Å²) in [4.78, 5) is 37.4. The zero-order valence-electron chi connectivity index (χ0n) is 13.8. The molecule has 1 aromatic heterocycles. The first-order chi connectivity index (χ1) is 10.7. The van der Waals surface area contributed by atoms with Gasteiger partial charge in [-0.25, -0.2) is 4.79 Å². The first-order valence-corrected chi connectivity index (χ1v) is 7.58. The number of hydrogen-bond donors (Lipinski definition) is 2. The van der Waals surface area contributed by atoms with Crippen molar-refractivity contribution in [2.45, 2.75) is 46.1 Å². The van der Waals surface area contributed by atoms with Crippen LogP contribution in [0.5, 0.6) is 0 Å². The number of carbonyl (C=O) groups excluding carboxylic acids is 3. The third kappa shape index (κ3) is 3.88. The molecule has 4 amide bonds. The Morgan fingerprint density at radius 2 is 2.17 bits per heavy atom. The van der Waals surface area contributed by atoms with Gasteiger partial charge in [0.25, 0.3) is 5.91 Å². The third-order valence-corrected chi connectivity index (χ3v) is 3.76. The summed E-state index contributed by atoms with van der Waals surface area (Å²) in [6.45, 7) is 7.13. The van der Waals surface area contributed by atoms with Crippen LogP contribution in [-0.2, 0) is 9.59 Å². The average Bonchev–Trinajstić information content (AvgIpc) is 2.94. The van der Waals surface area contributed by atoms with E-state index in [9.17, 15) is 14.4 Å². The van der Waals surface area contributed by atoms with Crippen molar-refractivity contribution in [1.82, 2.24) is 15.4 Å². The predicted molar refractivity (Wildman–Crippen MR) is 82.6 cm³/mol. The molecule has 1 atom stereocenters. The Labute approximate surface area is 134 Å². The minimum Gasteiger partial charge on any atom is -0.360 e. The van der Waals surface area contributed by atoms with Crippen LogP contribution in [0.3, 0.4) is 0 Å². The van der Waals surface area contributed by atoms with Crippen LogP contribution in [0.4, 0.5) is 10.6 Å². The zero-order valence-corrected chi connectivity index (χ0v) is 13.8. The Bertz CT molecular complexity index is 625. The van der Waals surface area contributed by atoms with Crippen molar-refractivity contribution in [2.75, 3.05) is 11.9 Å². The maximum absolute atomic E-state index is 12.5. The molecule has 1 aliphatic heterocycles. The third-order valence-electron chi connectivity index (χ3n) is 3.76. The van der Waals surface area contributed by atoms with Gasteiger partial charge in [-0.3, -0.25) is 14.5 Å². The van der Waals surface area contributed by atoms with Crippen LogP contribution in [0.2, 0.25) is 0 Å². The van der Waals surface area contributed by atoms with Gasteiger partial charge >= 0.3 is 6.03 Å². The Morgan fingerprint density at radius 1 is 1.48 bits per heavy atom. The monoisotopic (exact) mass is 322 g/mol. The number of aromatic nitrogens is 1. The van der Waals surface area contributed by atoms with Crippen molar-refractivity contribution < 1.29 is 18.9 Å². The van der Waals surface area contributed by atoms with Gasteiger partial charge in [0.15, 0.2) is 5.82 Å². The highest BCUT2D eigenvalue weighted by Crippen LogP contribution is 2.24. The van der Waals surface area contributed by atoms with E-state index in [1.165, 1.54) is 0 Å². The topological polar surface area (TPSA) is 105 Å². The van der Waals surface area contributed by atoms with Crippen LogP contribution in [-0.4, -0.2) is 40.0 Å². The molecule has 0 aliphatic carbocycles. The Morgan fingerprint density at radius 3 is 2.74 bits per heavy atom. The number of nitrogens with one attached hydrogen (secondary N) is 2. The molecule has 1 aliphatic rings. The van der Waals surface area contributed by atoms with Gasteiger partial charge in [0.1, 0.15) is 17.8 Å². The molecule has 1 aromatic rings. The number of rotatable bonds is 6. The van der Waals surface area contributed by atoms with E-state index in [0.717, 1.165) is 11.3 Å². The normalized spacial score (nSPS) is 21.0. The number of hydrogen-bond acceptors (Lipinski definition) is 5. The fourth-order valence-electron chi connectivity index (χ4n) is 2.39. The summed E-state index contributed by atoms with van der Waals surface area (Å²) in [5.41, 5.74) is -0.952. The maximum atomic E-state index is 12.5. The highest BCUT2D eigenvalue weighted by atomic mass is 16.5. The van der Waals surface area contributed by atoms with E-state index in [4.69, 9.17) is 4.52 Å². The molecular formula is C15H22N4O4. The highest BCUT2D eigenvalue weighted by Gasteiger charge is 2.47. The lowest BCUT2D eigenvalue weighted by Gasteiger charge is -2.22. The molecule has 0 aromatic carbocycles. The lowest BCUT2D eigenvalue weighted by atomic mass is 9.92. The molecule has 23 heavy (non-hydrogen) atoms. The molecule has 8 heteroatoms. The van der Waals surface area contributed by atoms with Crippen molar-refractivity contribution in [1.29, 1.82) is 0 Å². The summed E-state index contributed by atoms with van der Waals surface area (Å²) in [5, 5.41) is 8.81. The standard InChI is InChI=1S/C15H22N4O4/c1-9(2)5-6-15(4)13(21)19(14(22)17-15)8-12(20)16-11-7-10(3)23-18-11/h7,9H,5-6,8H2,1-4H3,(H,17,22)(H,16,18,20)/t15-/m1/s1. The first kappa shape index (κ1) is 17.0. The van der Waals surface area contributed by atoms with Gasteiger partial charge in [-0.15, -0.1) is 0 Å². The summed E-state index contributed by atoms with van der Waals surface area (Å²) < 4.78 is 4.84. The molecule has 1 fully saturated rings. The molecule has 0 saturated carbocycles. The molecule has 0 unspecified atom stereocenters. The molecule has 0 spiro atoms. The maximum Gasteiger partial charge on any atom is 0.325 e. The van der Waals surface area contributed by atoms with E-state index < -0.39 is 17.5 Å². The van der Waals surface area contributed by atoms with Gasteiger partial charge in [-0.05, 0) is 32.6 Å². The van der Waals surface area contributed by atoms with Crippen LogP contribution in [0.25, 0.3) is 0 Å². The number of nitrogens with zero attached hydrogens (tertiary/aromatic N) is 2. The molecule has 2 heterocycles. The van der Waals surface area contributed by atoms with Gasteiger partial charge in [0.05, 0.1) is 0 Å². The summed E-state index contributed by atoms with van der Waals surface area (Å²) in [6.07, 6.45) is 1.34. The minimum absolute atomic E-state index is 0.252. The van der Waals surface area contributed by atoms with E-state index in [2.05, 4.69) is 29.6 Å². The van der Waals surface area contributed by atoms with Crippen LogP contribution >= 0.6 is 0 Å². The van der Waals surface area contributed by atoms with E-state index in [-0.39, 0.29) is 18.3 Å². The van der Waals surface area contributed by atoms with E-state index >= 15 is 0 Å². The van der Waals surface area contributed by atoms with Crippen LogP contribution in [0.15, 0.2) is 10.6 Å². The Hall–Kier alpha value is -2.38. The average molecular weight is 322 g/mol. The number of anilines is 1. The summed E-state index contributed by atoms with van der Waals surface area (Å²) in [5.74, 6) is 0.340. The molecule has 2 N–H and O–H groups in total. The van der Waals surface area contributed by atoms with Crippen molar-refractivity contribution >= 4 is 23.7 Å². The van der Waals surface area contributed by atoms with Gasteiger partial charge < -0.3 is 15.2 Å². The van der Waals surface area contributed by atoms with Crippen molar-refractivity contribution in [3.8, 4) is 0 Å². The molecular weight excluding hydrogens is 300 g/mol. The number of amides is 4. The van der Waals surface area contributed by atoms with E-state index in [0.29, 0.717) is 18.1 Å². The highest BCUT2D eigenvalue weighted by molar-refractivity contribution is 6.09. The fourth-order valence-corrected chi connectivity index (χ4v) is 2.39. The van der Waals surface area contributed by atoms with E-state index in [1.54, 1.807) is 19.9 Å². The predicted octanol–water partition coefficient (Wildman–Crippen LogP) is 1.67. The lowest BCUT2D eigenvalue weighted by molar-refractivity contribution is -0.133. The molecule has 126 valence electrons. The molecule has 8 nitrogen and oxygen atoms in total. The van der Waals surface area contributed by atoms with Gasteiger partial charge in [0, 0.05) is 6.07 Å². The van der Waals surface area contributed by atoms with Crippen LogP contribution in [0.1, 0.15) is 39.4 Å². The van der Waals surface area contributed by atoms with Gasteiger partial charge in [-0.1, -0.05) is 19.0 Å². The quantitative estimate of drug-likeness (QED) is 0.775. The summed E-state index contributed by atoms with van der Waals surface area (Å²) in [7, 11) is 0. The number of imide groups is 1. The van der Waals surface area contributed by atoms with Gasteiger partial charge in [-0.2, -0.15) is 0 Å². The molecule has 0 bridgehead atoms. The molecule has 2 rings (SSSR count). The molecule has 1 saturated heterocycles. The second kappa shape index (κ2) is 6.39. The van der Waals surface area contributed by atoms with Crippen LogP contribution in [0, 0.1) is 12.8 Å². The Kier molecular flexibility index (Phi) is 4.72. The second-order valence-corrected chi connectivity index (χ2v) is 6.46. The first-order valence-electron chi connectivity index (χ1n) is 7.58. The minimum atomic E-state index is -0.952. The number of urea groups is 1.